The Balaban J connectivity index is 0.800. The summed E-state index contributed by atoms with van der Waals surface area (Å²) in [5.74, 6) is 0.653. The van der Waals surface area contributed by atoms with Gasteiger partial charge in [-0.25, -0.2) is 9.97 Å². The maximum absolute atomic E-state index is 6.18. The van der Waals surface area contributed by atoms with Crippen LogP contribution in [0.1, 0.15) is 0 Å². The average Bonchev–Trinajstić information content (AvgIpc) is 4.25. The van der Waals surface area contributed by atoms with Gasteiger partial charge in [0.15, 0.2) is 5.82 Å². The lowest BCUT2D eigenvalue weighted by atomic mass is 10.0. The standard InChI is InChI=1S/C70H42N4O2/c1-2-14-43(15-3-1)60-42-61(48-16-12-18-50(36-48)73-62-24-8-4-20-52(62)56-38-44(28-32-64(56)73)46-30-34-68-58(40-46)54-22-6-10-26-66(54)75-68)72-70(71-60)49-17-13-19-51(37-49)74-63-25-9-5-21-53(63)57-39-45(29-33-65(57)74)47-31-35-69-59(41-47)55-23-7-11-27-67(55)76-69/h1-42H. The number of para-hydroxylation sites is 4. The second-order valence-corrected chi connectivity index (χ2v) is 19.7. The fourth-order valence-corrected chi connectivity index (χ4v) is 11.7. The molecule has 16 rings (SSSR count). The highest BCUT2D eigenvalue weighted by Gasteiger charge is 2.19. The molecule has 11 aromatic carbocycles. The van der Waals surface area contributed by atoms with Crippen LogP contribution in [0.15, 0.2) is 264 Å². The molecule has 0 aliphatic carbocycles. The van der Waals surface area contributed by atoms with Crippen LogP contribution in [0.4, 0.5) is 0 Å². The van der Waals surface area contributed by atoms with Crippen molar-refractivity contribution in [3.63, 3.8) is 0 Å². The summed E-state index contributed by atoms with van der Waals surface area (Å²) in [7, 11) is 0. The zero-order valence-electron chi connectivity index (χ0n) is 40.9. The quantitative estimate of drug-likeness (QED) is 0.160. The van der Waals surface area contributed by atoms with E-state index in [-0.39, 0.29) is 0 Å². The molecule has 5 aromatic heterocycles. The van der Waals surface area contributed by atoms with E-state index in [2.05, 4.69) is 234 Å². The molecule has 0 spiro atoms. The van der Waals surface area contributed by atoms with E-state index in [1.54, 1.807) is 0 Å². The minimum Gasteiger partial charge on any atom is -0.456 e. The Morgan fingerprint density at radius 1 is 0.237 bits per heavy atom. The van der Waals surface area contributed by atoms with Gasteiger partial charge in [-0.2, -0.15) is 0 Å². The van der Waals surface area contributed by atoms with E-state index in [9.17, 15) is 0 Å². The predicted molar refractivity (Wildman–Crippen MR) is 312 cm³/mol. The molecular formula is C70H42N4O2. The lowest BCUT2D eigenvalue weighted by Crippen LogP contribution is -1.99. The highest BCUT2D eigenvalue weighted by molar-refractivity contribution is 6.13. The fourth-order valence-electron chi connectivity index (χ4n) is 11.7. The van der Waals surface area contributed by atoms with Crippen LogP contribution in [0.25, 0.3) is 155 Å². The maximum atomic E-state index is 6.18. The van der Waals surface area contributed by atoms with Gasteiger partial charge in [-0.1, -0.05) is 152 Å². The number of nitrogens with zero attached hydrogens (tertiary/aromatic N) is 4. The fraction of sp³-hybridized carbons (Fsp3) is 0. The van der Waals surface area contributed by atoms with E-state index in [4.69, 9.17) is 18.8 Å². The SMILES string of the molecule is c1ccc(-c2cc(-c3cccc(-n4c5ccccc5c5cc(-c6ccc7oc8ccccc8c7c6)ccc54)c3)nc(-c3cccc(-n4c5ccccc5c5cc(-c6ccc7oc8ccccc8c7c6)ccc54)c3)n2)cc1. The zero-order valence-corrected chi connectivity index (χ0v) is 40.9. The van der Waals surface area contributed by atoms with Crippen molar-refractivity contribution in [1.82, 2.24) is 19.1 Å². The van der Waals surface area contributed by atoms with Gasteiger partial charge < -0.3 is 18.0 Å². The van der Waals surface area contributed by atoms with Gasteiger partial charge in [0, 0.05) is 71.2 Å². The van der Waals surface area contributed by atoms with Gasteiger partial charge in [0.2, 0.25) is 0 Å². The molecule has 0 amide bonds. The van der Waals surface area contributed by atoms with E-state index in [0.717, 1.165) is 128 Å². The number of furan rings is 2. The monoisotopic (exact) mass is 970 g/mol. The Morgan fingerprint density at radius 3 is 1.18 bits per heavy atom. The summed E-state index contributed by atoms with van der Waals surface area (Å²) in [4.78, 5) is 10.7. The smallest absolute Gasteiger partial charge is 0.160 e. The second-order valence-electron chi connectivity index (χ2n) is 19.7. The minimum absolute atomic E-state index is 0.653. The van der Waals surface area contributed by atoms with Crippen LogP contribution >= 0.6 is 0 Å². The van der Waals surface area contributed by atoms with Gasteiger partial charge in [-0.05, 0) is 125 Å². The Morgan fingerprint density at radius 2 is 0.632 bits per heavy atom. The molecule has 0 saturated heterocycles. The Hall–Kier alpha value is -10.3. The molecule has 0 atom stereocenters. The summed E-state index contributed by atoms with van der Waals surface area (Å²) in [6, 6.07) is 90.5. The second kappa shape index (κ2) is 16.6. The lowest BCUT2D eigenvalue weighted by molar-refractivity contribution is 0.668. The first-order chi connectivity index (χ1) is 37.6. The van der Waals surface area contributed by atoms with Gasteiger partial charge in [0.1, 0.15) is 22.3 Å². The van der Waals surface area contributed by atoms with E-state index < -0.39 is 0 Å². The van der Waals surface area contributed by atoms with Crippen LogP contribution < -0.4 is 0 Å². The Bertz CT molecular complexity index is 4720. The van der Waals surface area contributed by atoms with Crippen molar-refractivity contribution in [1.29, 1.82) is 0 Å². The van der Waals surface area contributed by atoms with Crippen LogP contribution in [-0.4, -0.2) is 19.1 Å². The van der Waals surface area contributed by atoms with E-state index in [0.29, 0.717) is 5.82 Å². The highest BCUT2D eigenvalue weighted by Crippen LogP contribution is 2.41. The molecule has 0 aliphatic heterocycles. The largest absolute Gasteiger partial charge is 0.456 e. The molecule has 0 radical (unpaired) electrons. The first kappa shape index (κ1) is 42.2. The molecule has 0 bridgehead atoms. The van der Waals surface area contributed by atoms with Crippen LogP contribution in [0.3, 0.4) is 0 Å². The molecular weight excluding hydrogens is 929 g/mol. The number of aromatic nitrogens is 4. The maximum Gasteiger partial charge on any atom is 0.160 e. The van der Waals surface area contributed by atoms with Gasteiger partial charge in [0.05, 0.1) is 33.5 Å². The van der Waals surface area contributed by atoms with Crippen molar-refractivity contribution in [2.75, 3.05) is 0 Å². The molecule has 76 heavy (non-hydrogen) atoms. The van der Waals surface area contributed by atoms with Crippen molar-refractivity contribution in [2.24, 2.45) is 0 Å². The third-order valence-electron chi connectivity index (χ3n) is 15.3. The van der Waals surface area contributed by atoms with Crippen LogP contribution in [0.5, 0.6) is 0 Å². The number of fused-ring (bicyclic) bond motifs is 12. The van der Waals surface area contributed by atoms with Crippen molar-refractivity contribution in [3.05, 3.63) is 255 Å². The summed E-state index contributed by atoms with van der Waals surface area (Å²) >= 11 is 0. The van der Waals surface area contributed by atoms with E-state index in [1.165, 1.54) is 21.5 Å². The van der Waals surface area contributed by atoms with Crippen molar-refractivity contribution in [3.8, 4) is 67.5 Å². The van der Waals surface area contributed by atoms with E-state index in [1.807, 2.05) is 30.3 Å². The summed E-state index contributed by atoms with van der Waals surface area (Å²) in [5, 5.41) is 9.25. The Kier molecular flexibility index (Phi) is 9.23. The summed E-state index contributed by atoms with van der Waals surface area (Å²) in [6.07, 6.45) is 0. The first-order valence-electron chi connectivity index (χ1n) is 25.7. The summed E-state index contributed by atoms with van der Waals surface area (Å²) in [6.45, 7) is 0. The molecule has 16 aromatic rings. The molecule has 354 valence electrons. The molecule has 0 fully saturated rings. The molecule has 0 saturated carbocycles. The summed E-state index contributed by atoms with van der Waals surface area (Å²) < 4.78 is 17.1. The minimum atomic E-state index is 0.653. The molecule has 6 nitrogen and oxygen atoms in total. The highest BCUT2D eigenvalue weighted by atomic mass is 16.3. The topological polar surface area (TPSA) is 61.9 Å². The average molecular weight is 971 g/mol. The van der Waals surface area contributed by atoms with Gasteiger partial charge in [0.25, 0.3) is 0 Å². The third kappa shape index (κ3) is 6.67. The Labute approximate surface area is 435 Å². The van der Waals surface area contributed by atoms with Crippen molar-refractivity contribution in [2.45, 2.75) is 0 Å². The third-order valence-corrected chi connectivity index (χ3v) is 15.3. The molecule has 5 heterocycles. The summed E-state index contributed by atoms with van der Waals surface area (Å²) in [5.41, 5.74) is 19.5. The van der Waals surface area contributed by atoms with Crippen LogP contribution in [0, 0.1) is 0 Å². The van der Waals surface area contributed by atoms with Crippen LogP contribution in [0.2, 0.25) is 0 Å². The van der Waals surface area contributed by atoms with Crippen LogP contribution in [-0.2, 0) is 0 Å². The normalized spacial score (nSPS) is 11.9. The van der Waals surface area contributed by atoms with E-state index >= 15 is 0 Å². The number of rotatable bonds is 7. The molecule has 6 heteroatoms. The molecule has 0 N–H and O–H groups in total. The molecule has 0 unspecified atom stereocenters. The van der Waals surface area contributed by atoms with Crippen molar-refractivity contribution >= 4 is 87.5 Å². The van der Waals surface area contributed by atoms with Crippen molar-refractivity contribution < 1.29 is 8.83 Å². The number of hydrogen-bond donors (Lipinski definition) is 0. The lowest BCUT2D eigenvalue weighted by Gasteiger charge is -2.13. The zero-order chi connectivity index (χ0) is 49.8. The van der Waals surface area contributed by atoms with Gasteiger partial charge >= 0.3 is 0 Å². The first-order valence-corrected chi connectivity index (χ1v) is 25.7. The number of hydrogen-bond acceptors (Lipinski definition) is 4. The van der Waals surface area contributed by atoms with Gasteiger partial charge in [-0.15, -0.1) is 0 Å². The van der Waals surface area contributed by atoms with Gasteiger partial charge in [-0.3, -0.25) is 0 Å². The predicted octanol–water partition coefficient (Wildman–Crippen LogP) is 18.8. The molecule has 0 aliphatic rings. The number of benzene rings is 11.